The van der Waals surface area contributed by atoms with E-state index in [2.05, 4.69) is 0 Å². The number of carboxylic acid groups (broad SMARTS) is 1. The van der Waals surface area contributed by atoms with Crippen LogP contribution in [0.3, 0.4) is 0 Å². The zero-order chi connectivity index (χ0) is 6.15. The summed E-state index contributed by atoms with van der Waals surface area (Å²) in [5.41, 5.74) is 0. The highest BCUT2D eigenvalue weighted by molar-refractivity contribution is 5.71. The van der Waals surface area contributed by atoms with Crippen LogP contribution in [0.5, 0.6) is 0 Å². The highest BCUT2D eigenvalue weighted by atomic mass is 16.4. The van der Waals surface area contributed by atoms with Gasteiger partial charge in [0.2, 0.25) is 6.23 Å². The third kappa shape index (κ3) is 0.962. The summed E-state index contributed by atoms with van der Waals surface area (Å²) in [5.74, 6) is -1.16. The lowest BCUT2D eigenvalue weighted by molar-refractivity contribution is -0.152. The number of carboxylic acids is 1. The molecule has 8 heavy (non-hydrogen) atoms. The first-order valence-corrected chi connectivity index (χ1v) is 2.37. The third-order valence-electron chi connectivity index (χ3n) is 1.05. The maximum atomic E-state index is 9.89. The van der Waals surface area contributed by atoms with Crippen LogP contribution in [0.4, 0.5) is 0 Å². The van der Waals surface area contributed by atoms with E-state index in [1.807, 2.05) is 0 Å². The van der Waals surface area contributed by atoms with Gasteiger partial charge in [0.15, 0.2) is 0 Å². The van der Waals surface area contributed by atoms with Crippen molar-refractivity contribution in [3.63, 3.8) is 0 Å². The van der Waals surface area contributed by atoms with E-state index in [-0.39, 0.29) is 0 Å². The normalized spacial score (nSPS) is 22.6. The average molecular weight is 117 g/mol. The van der Waals surface area contributed by atoms with Gasteiger partial charge >= 0.3 is 5.97 Å². The molecule has 0 aliphatic carbocycles. The molecule has 4 heteroatoms. The van der Waals surface area contributed by atoms with Crippen molar-refractivity contribution in [1.82, 2.24) is 4.90 Å². The molecule has 0 amide bonds. The van der Waals surface area contributed by atoms with Gasteiger partial charge < -0.3 is 10.2 Å². The Hall–Kier alpha value is -0.610. The Morgan fingerprint density at radius 3 is 2.25 bits per heavy atom. The molecule has 0 spiro atoms. The molecule has 1 fully saturated rings. The van der Waals surface area contributed by atoms with Gasteiger partial charge in [-0.05, 0) is 0 Å². The fourth-order valence-corrected chi connectivity index (χ4v) is 0.458. The topological polar surface area (TPSA) is 60.5 Å². The van der Waals surface area contributed by atoms with Crippen LogP contribution in [0.15, 0.2) is 0 Å². The molecule has 0 aromatic rings. The molecular formula is C4H7NO3. The summed E-state index contributed by atoms with van der Waals surface area (Å²) in [4.78, 5) is 11.3. The summed E-state index contributed by atoms with van der Waals surface area (Å²) in [7, 11) is 0. The predicted molar refractivity (Wildman–Crippen MR) is 25.2 cm³/mol. The van der Waals surface area contributed by atoms with Crippen LogP contribution in [0.1, 0.15) is 0 Å². The highest BCUT2D eigenvalue weighted by Crippen LogP contribution is 2.06. The molecule has 1 unspecified atom stereocenters. The van der Waals surface area contributed by atoms with Gasteiger partial charge in [0.25, 0.3) is 0 Å². The van der Waals surface area contributed by atoms with Gasteiger partial charge in [-0.3, -0.25) is 4.90 Å². The van der Waals surface area contributed by atoms with Crippen LogP contribution < -0.4 is 0 Å². The Morgan fingerprint density at radius 1 is 1.62 bits per heavy atom. The molecule has 1 rings (SSSR count). The first-order valence-electron chi connectivity index (χ1n) is 2.37. The Morgan fingerprint density at radius 2 is 2.12 bits per heavy atom. The second-order valence-electron chi connectivity index (χ2n) is 1.75. The van der Waals surface area contributed by atoms with Crippen LogP contribution in [-0.4, -0.2) is 40.4 Å². The van der Waals surface area contributed by atoms with Gasteiger partial charge in [-0.15, -0.1) is 0 Å². The van der Waals surface area contributed by atoms with Crippen LogP contribution in [0, 0.1) is 0 Å². The number of aliphatic hydroxyl groups excluding tert-OH is 1. The first kappa shape index (κ1) is 5.53. The zero-order valence-corrected chi connectivity index (χ0v) is 4.24. The van der Waals surface area contributed by atoms with Crippen LogP contribution >= 0.6 is 0 Å². The molecule has 46 valence electrons. The van der Waals surface area contributed by atoms with Gasteiger partial charge in [0, 0.05) is 13.1 Å². The number of hydrogen-bond donors (Lipinski definition) is 2. The molecule has 0 bridgehead atoms. The molecule has 1 heterocycles. The van der Waals surface area contributed by atoms with Crippen molar-refractivity contribution in [2.45, 2.75) is 6.23 Å². The molecule has 0 radical (unpaired) electrons. The summed E-state index contributed by atoms with van der Waals surface area (Å²) in [6.07, 6.45) is -1.27. The quantitative estimate of drug-likeness (QED) is 0.441. The van der Waals surface area contributed by atoms with Gasteiger partial charge in [0.1, 0.15) is 0 Å². The highest BCUT2D eigenvalue weighted by Gasteiger charge is 2.30. The van der Waals surface area contributed by atoms with E-state index in [4.69, 9.17) is 10.2 Å². The maximum Gasteiger partial charge on any atom is 0.348 e. The third-order valence-corrected chi connectivity index (χ3v) is 1.05. The number of hydrogen-bond acceptors (Lipinski definition) is 3. The first-order chi connectivity index (χ1) is 3.72. The van der Waals surface area contributed by atoms with Crippen molar-refractivity contribution in [3.05, 3.63) is 0 Å². The predicted octanol–water partition coefficient (Wildman–Crippen LogP) is -1.29. The molecule has 1 saturated heterocycles. The molecule has 0 aromatic heterocycles. The second-order valence-corrected chi connectivity index (χ2v) is 1.75. The van der Waals surface area contributed by atoms with Crippen molar-refractivity contribution in [2.24, 2.45) is 0 Å². The van der Waals surface area contributed by atoms with Crippen LogP contribution in [0.25, 0.3) is 0 Å². The number of nitrogens with zero attached hydrogens (tertiary/aromatic N) is 1. The van der Waals surface area contributed by atoms with Crippen molar-refractivity contribution in [1.29, 1.82) is 0 Å². The van der Waals surface area contributed by atoms with Gasteiger partial charge in [0.05, 0.1) is 0 Å². The van der Waals surface area contributed by atoms with E-state index < -0.39 is 12.2 Å². The minimum atomic E-state index is -1.27. The van der Waals surface area contributed by atoms with E-state index in [1.54, 1.807) is 0 Å². The molecule has 4 nitrogen and oxygen atoms in total. The molecule has 1 aliphatic rings. The summed E-state index contributed by atoms with van der Waals surface area (Å²) in [5, 5.41) is 16.7. The number of rotatable bonds is 2. The smallest absolute Gasteiger partial charge is 0.348 e. The van der Waals surface area contributed by atoms with Gasteiger partial charge in [-0.2, -0.15) is 0 Å². The molecule has 0 saturated carbocycles. The lowest BCUT2D eigenvalue weighted by Gasteiger charge is -2.02. The Labute approximate surface area is 46.3 Å². The van der Waals surface area contributed by atoms with E-state index in [1.165, 1.54) is 4.90 Å². The van der Waals surface area contributed by atoms with E-state index in [9.17, 15) is 4.79 Å². The number of aliphatic hydroxyl groups is 1. The van der Waals surface area contributed by atoms with Crippen molar-refractivity contribution in [3.8, 4) is 0 Å². The summed E-state index contributed by atoms with van der Waals surface area (Å²) in [6, 6.07) is 0. The fourth-order valence-electron chi connectivity index (χ4n) is 0.458. The molecule has 1 atom stereocenters. The minimum Gasteiger partial charge on any atom is -0.478 e. The monoisotopic (exact) mass is 117 g/mol. The zero-order valence-electron chi connectivity index (χ0n) is 4.24. The second kappa shape index (κ2) is 1.72. The summed E-state index contributed by atoms with van der Waals surface area (Å²) >= 11 is 0. The van der Waals surface area contributed by atoms with Crippen molar-refractivity contribution in [2.75, 3.05) is 13.1 Å². The van der Waals surface area contributed by atoms with E-state index in [0.29, 0.717) is 13.1 Å². The summed E-state index contributed by atoms with van der Waals surface area (Å²) < 4.78 is 0. The van der Waals surface area contributed by atoms with Gasteiger partial charge in [-0.25, -0.2) is 4.79 Å². The lowest BCUT2D eigenvalue weighted by Crippen LogP contribution is -2.27. The maximum absolute atomic E-state index is 9.89. The fraction of sp³-hybridized carbons (Fsp3) is 0.750. The molecule has 2 N–H and O–H groups in total. The lowest BCUT2D eigenvalue weighted by atomic mass is 10.6. The van der Waals surface area contributed by atoms with E-state index in [0.717, 1.165) is 0 Å². The van der Waals surface area contributed by atoms with Crippen molar-refractivity contribution >= 4 is 5.97 Å². The Bertz CT molecular complexity index is 110. The largest absolute Gasteiger partial charge is 0.478 e. The SMILES string of the molecule is O=C(O)C(O)N1CC1. The average Bonchev–Trinajstić information content (AvgIpc) is 2.43. The minimum absolute atomic E-state index is 0.702. The molecule has 0 aromatic carbocycles. The molecular weight excluding hydrogens is 110 g/mol. The summed E-state index contributed by atoms with van der Waals surface area (Å²) in [6.45, 7) is 1.40. The van der Waals surface area contributed by atoms with Crippen LogP contribution in [0.2, 0.25) is 0 Å². The standard InChI is InChI=1S/C4H7NO3/c6-3(4(7)8)5-1-2-5/h3,6H,1-2H2,(H,7,8). The number of aliphatic carboxylic acids is 1. The van der Waals surface area contributed by atoms with Crippen molar-refractivity contribution < 1.29 is 15.0 Å². The Kier molecular flexibility index (Phi) is 1.19. The van der Waals surface area contributed by atoms with Crippen LogP contribution in [-0.2, 0) is 4.79 Å². The Balaban J connectivity index is 2.32. The van der Waals surface area contributed by atoms with E-state index >= 15 is 0 Å². The molecule has 1 aliphatic heterocycles. The van der Waals surface area contributed by atoms with Gasteiger partial charge in [-0.1, -0.05) is 0 Å². The number of carbonyl (C=O) groups is 1.